The molecule has 1 fully saturated rings. The fraction of sp³-hybridized carbons (Fsp3) is 0.938. The molecule has 1 aliphatic rings. The number of halogens is 1. The maximum atomic E-state index is 4.29. The van der Waals surface area contributed by atoms with Crippen molar-refractivity contribution in [3.05, 3.63) is 0 Å². The Labute approximate surface area is 148 Å². The van der Waals surface area contributed by atoms with E-state index in [9.17, 15) is 0 Å². The van der Waals surface area contributed by atoms with Crippen LogP contribution in [0.1, 0.15) is 51.9 Å². The van der Waals surface area contributed by atoms with Gasteiger partial charge in [0.2, 0.25) is 0 Å². The van der Waals surface area contributed by atoms with Crippen LogP contribution in [0.15, 0.2) is 4.99 Å². The molecule has 0 unspecified atom stereocenters. The first-order valence-corrected chi connectivity index (χ1v) is 8.39. The van der Waals surface area contributed by atoms with Gasteiger partial charge in [-0.15, -0.1) is 24.0 Å². The molecule has 1 aliphatic heterocycles. The number of nitrogens with one attached hydrogen (secondary N) is 2. The Bertz CT molecular complexity index is 263. The van der Waals surface area contributed by atoms with Crippen molar-refractivity contribution in [2.75, 3.05) is 40.3 Å². The maximum absolute atomic E-state index is 4.29. The highest BCUT2D eigenvalue weighted by Crippen LogP contribution is 2.18. The smallest absolute Gasteiger partial charge is 0.190 e. The molecule has 0 saturated carbocycles. The summed E-state index contributed by atoms with van der Waals surface area (Å²) in [5.41, 5.74) is 0. The first-order chi connectivity index (χ1) is 9.76. The summed E-state index contributed by atoms with van der Waals surface area (Å²) in [6, 6.07) is 0. The van der Waals surface area contributed by atoms with Gasteiger partial charge in [0, 0.05) is 20.1 Å². The predicted molar refractivity (Wildman–Crippen MR) is 104 cm³/mol. The van der Waals surface area contributed by atoms with Gasteiger partial charge in [-0.25, -0.2) is 0 Å². The Balaban J connectivity index is 0.00000400. The molecule has 0 bridgehead atoms. The van der Waals surface area contributed by atoms with Gasteiger partial charge in [0.1, 0.15) is 0 Å². The van der Waals surface area contributed by atoms with Gasteiger partial charge >= 0.3 is 0 Å². The molecule has 2 N–H and O–H groups in total. The standard InChI is InChI=1S/C16H34N4.HI/c1-4-5-6-7-11-18-16(17-2)19-12-8-15-9-13-20(3)14-10-15;/h15H,4-14H2,1-3H3,(H2,17,18,19);1H. The molecule has 0 atom stereocenters. The van der Waals surface area contributed by atoms with E-state index < -0.39 is 0 Å². The van der Waals surface area contributed by atoms with Gasteiger partial charge in [0.25, 0.3) is 0 Å². The van der Waals surface area contributed by atoms with Gasteiger partial charge in [-0.05, 0) is 51.7 Å². The van der Waals surface area contributed by atoms with Crippen molar-refractivity contribution >= 4 is 29.9 Å². The normalized spacial score (nSPS) is 17.4. The second-order valence-corrected chi connectivity index (χ2v) is 6.02. The van der Waals surface area contributed by atoms with Crippen LogP contribution in [0.5, 0.6) is 0 Å². The van der Waals surface area contributed by atoms with Crippen molar-refractivity contribution in [1.82, 2.24) is 15.5 Å². The monoisotopic (exact) mass is 410 g/mol. The third-order valence-corrected chi connectivity index (χ3v) is 4.23. The average molecular weight is 410 g/mol. The lowest BCUT2D eigenvalue weighted by Crippen LogP contribution is -2.39. The number of hydrogen-bond acceptors (Lipinski definition) is 2. The Hall–Kier alpha value is -0.0400. The highest BCUT2D eigenvalue weighted by Gasteiger charge is 2.15. The highest BCUT2D eigenvalue weighted by molar-refractivity contribution is 14.0. The van der Waals surface area contributed by atoms with Crippen LogP contribution < -0.4 is 10.6 Å². The first-order valence-electron chi connectivity index (χ1n) is 8.39. The van der Waals surface area contributed by atoms with Crippen molar-refractivity contribution in [1.29, 1.82) is 0 Å². The van der Waals surface area contributed by atoms with Gasteiger partial charge in [0.05, 0.1) is 0 Å². The quantitative estimate of drug-likeness (QED) is 0.280. The molecule has 4 nitrogen and oxygen atoms in total. The van der Waals surface area contributed by atoms with Crippen molar-refractivity contribution in [3.8, 4) is 0 Å². The van der Waals surface area contributed by atoms with E-state index in [0.29, 0.717) is 0 Å². The van der Waals surface area contributed by atoms with E-state index in [4.69, 9.17) is 0 Å². The van der Waals surface area contributed by atoms with Crippen molar-refractivity contribution in [2.24, 2.45) is 10.9 Å². The molecule has 0 spiro atoms. The van der Waals surface area contributed by atoms with Crippen LogP contribution in [0.4, 0.5) is 0 Å². The van der Waals surface area contributed by atoms with Crippen molar-refractivity contribution in [3.63, 3.8) is 0 Å². The van der Waals surface area contributed by atoms with Crippen molar-refractivity contribution < 1.29 is 0 Å². The second kappa shape index (κ2) is 13.6. The molecule has 0 amide bonds. The van der Waals surface area contributed by atoms with E-state index in [1.54, 1.807) is 0 Å². The van der Waals surface area contributed by atoms with Gasteiger partial charge in [0.15, 0.2) is 5.96 Å². The summed E-state index contributed by atoms with van der Waals surface area (Å²) in [5.74, 6) is 1.86. The lowest BCUT2D eigenvalue weighted by molar-refractivity contribution is 0.213. The Kier molecular flexibility index (Phi) is 13.6. The summed E-state index contributed by atoms with van der Waals surface area (Å²) in [5, 5.41) is 6.85. The molecule has 0 aromatic heterocycles. The van der Waals surface area contributed by atoms with Crippen LogP contribution in [0.3, 0.4) is 0 Å². The van der Waals surface area contributed by atoms with E-state index in [0.717, 1.165) is 25.0 Å². The van der Waals surface area contributed by atoms with Crippen LogP contribution in [0.2, 0.25) is 0 Å². The van der Waals surface area contributed by atoms with Crippen LogP contribution in [0, 0.1) is 5.92 Å². The van der Waals surface area contributed by atoms with E-state index in [1.807, 2.05) is 7.05 Å². The van der Waals surface area contributed by atoms with Gasteiger partial charge in [-0.1, -0.05) is 26.2 Å². The van der Waals surface area contributed by atoms with Crippen LogP contribution >= 0.6 is 24.0 Å². The molecular formula is C16H35IN4. The lowest BCUT2D eigenvalue weighted by atomic mass is 9.94. The van der Waals surface area contributed by atoms with Crippen molar-refractivity contribution in [2.45, 2.75) is 51.9 Å². The number of likely N-dealkylation sites (tertiary alicyclic amines) is 1. The molecule has 1 heterocycles. The average Bonchev–Trinajstić information content (AvgIpc) is 2.47. The minimum Gasteiger partial charge on any atom is -0.356 e. The Morgan fingerprint density at radius 2 is 1.76 bits per heavy atom. The number of guanidine groups is 1. The molecule has 0 aliphatic carbocycles. The summed E-state index contributed by atoms with van der Waals surface area (Å²) >= 11 is 0. The van der Waals surface area contributed by atoms with Crippen LogP contribution in [-0.4, -0.2) is 51.1 Å². The molecule has 0 aromatic rings. The number of piperidine rings is 1. The minimum absolute atomic E-state index is 0. The Morgan fingerprint density at radius 1 is 1.10 bits per heavy atom. The molecular weight excluding hydrogens is 375 g/mol. The topological polar surface area (TPSA) is 39.7 Å². The molecule has 21 heavy (non-hydrogen) atoms. The summed E-state index contributed by atoms with van der Waals surface area (Å²) < 4.78 is 0. The molecule has 5 heteroatoms. The molecule has 0 radical (unpaired) electrons. The predicted octanol–water partition coefficient (Wildman–Crippen LogP) is 3.08. The fourth-order valence-corrected chi connectivity index (χ4v) is 2.72. The van der Waals surface area contributed by atoms with E-state index in [1.165, 1.54) is 58.0 Å². The SMILES string of the molecule is CCCCCCNC(=NC)NCCC1CCN(C)CC1.I. The van der Waals surface area contributed by atoms with Gasteiger partial charge in [-0.3, -0.25) is 4.99 Å². The molecule has 1 saturated heterocycles. The molecule has 1 rings (SSSR count). The number of unbranched alkanes of at least 4 members (excludes halogenated alkanes) is 3. The Morgan fingerprint density at radius 3 is 2.38 bits per heavy atom. The third kappa shape index (κ3) is 10.3. The van der Waals surface area contributed by atoms with Crippen LogP contribution in [-0.2, 0) is 0 Å². The van der Waals surface area contributed by atoms with E-state index in [2.05, 4.69) is 34.5 Å². The second-order valence-electron chi connectivity index (χ2n) is 6.02. The number of rotatable bonds is 8. The zero-order valence-electron chi connectivity index (χ0n) is 14.2. The van der Waals surface area contributed by atoms with Gasteiger partial charge in [-0.2, -0.15) is 0 Å². The number of nitrogens with zero attached hydrogens (tertiary/aromatic N) is 2. The summed E-state index contributed by atoms with van der Waals surface area (Å²) in [6.07, 6.45) is 9.15. The maximum Gasteiger partial charge on any atom is 0.190 e. The highest BCUT2D eigenvalue weighted by atomic mass is 127. The number of hydrogen-bond donors (Lipinski definition) is 2. The van der Waals surface area contributed by atoms with Gasteiger partial charge < -0.3 is 15.5 Å². The molecule has 0 aromatic carbocycles. The third-order valence-electron chi connectivity index (χ3n) is 4.23. The zero-order valence-corrected chi connectivity index (χ0v) is 16.5. The van der Waals surface area contributed by atoms with Crippen LogP contribution in [0.25, 0.3) is 0 Å². The van der Waals surface area contributed by atoms with E-state index in [-0.39, 0.29) is 24.0 Å². The first kappa shape index (κ1) is 21.0. The zero-order chi connectivity index (χ0) is 14.6. The minimum atomic E-state index is 0. The summed E-state index contributed by atoms with van der Waals surface area (Å²) in [7, 11) is 4.08. The largest absolute Gasteiger partial charge is 0.356 e. The number of aliphatic imine (C=N–C) groups is 1. The van der Waals surface area contributed by atoms with E-state index >= 15 is 0 Å². The lowest BCUT2D eigenvalue weighted by Gasteiger charge is -2.29. The summed E-state index contributed by atoms with van der Waals surface area (Å²) in [4.78, 5) is 6.72. The summed E-state index contributed by atoms with van der Waals surface area (Å²) in [6.45, 7) is 6.85. The fourth-order valence-electron chi connectivity index (χ4n) is 2.72. The molecule has 126 valence electrons.